The second-order valence-corrected chi connectivity index (χ2v) is 7.97. The predicted octanol–water partition coefficient (Wildman–Crippen LogP) is 3.72. The molecule has 0 spiro atoms. The van der Waals surface area contributed by atoms with Crippen molar-refractivity contribution in [2.45, 2.75) is 32.0 Å². The van der Waals surface area contributed by atoms with Crippen molar-refractivity contribution in [1.82, 2.24) is 15.1 Å². The van der Waals surface area contributed by atoms with Crippen LogP contribution in [0.4, 0.5) is 24.8 Å². The lowest BCUT2D eigenvalue weighted by Crippen LogP contribution is -2.49. The van der Waals surface area contributed by atoms with Gasteiger partial charge in [-0.1, -0.05) is 25.0 Å². The second kappa shape index (κ2) is 9.62. The highest BCUT2D eigenvalue weighted by molar-refractivity contribution is 5.97. The highest BCUT2D eigenvalue weighted by Crippen LogP contribution is 2.28. The van der Waals surface area contributed by atoms with Crippen LogP contribution in [0.3, 0.4) is 0 Å². The van der Waals surface area contributed by atoms with Gasteiger partial charge in [-0.25, -0.2) is 0 Å². The number of carbonyl (C=O) groups excluding carboxylic acids is 1. The number of anilines is 2. The third kappa shape index (κ3) is 5.41. The molecule has 1 aromatic carbocycles. The lowest BCUT2D eigenvalue weighted by molar-refractivity contribution is -0.274. The molecule has 3 heterocycles. The second-order valence-electron chi connectivity index (χ2n) is 7.97. The van der Waals surface area contributed by atoms with Gasteiger partial charge in [0.05, 0.1) is 5.56 Å². The largest absolute Gasteiger partial charge is 0.573 e. The number of piperazine rings is 1. The van der Waals surface area contributed by atoms with Gasteiger partial charge < -0.3 is 19.4 Å². The van der Waals surface area contributed by atoms with Crippen molar-refractivity contribution in [3.05, 3.63) is 42.0 Å². The Balaban J connectivity index is 1.37. The summed E-state index contributed by atoms with van der Waals surface area (Å²) in [5.74, 6) is 0.650. The normalized spacial score (nSPS) is 17.8. The van der Waals surface area contributed by atoms with Crippen LogP contribution in [-0.2, 0) is 0 Å². The minimum Gasteiger partial charge on any atom is -0.405 e. The molecule has 0 saturated carbocycles. The molecule has 0 radical (unpaired) electrons. The summed E-state index contributed by atoms with van der Waals surface area (Å²) in [6.45, 7) is 3.77. The van der Waals surface area contributed by atoms with Crippen molar-refractivity contribution < 1.29 is 22.7 Å². The van der Waals surface area contributed by atoms with Gasteiger partial charge in [-0.15, -0.1) is 23.4 Å². The van der Waals surface area contributed by atoms with Crippen LogP contribution in [0.25, 0.3) is 0 Å². The van der Waals surface area contributed by atoms with E-state index in [0.717, 1.165) is 43.6 Å². The molecular weight excluding hydrogens is 423 g/mol. The summed E-state index contributed by atoms with van der Waals surface area (Å²) in [6.07, 6.45) is -0.0318. The van der Waals surface area contributed by atoms with E-state index in [1.54, 1.807) is 0 Å². The van der Waals surface area contributed by atoms with E-state index in [1.807, 2.05) is 17.0 Å². The topological polar surface area (TPSA) is 61.8 Å². The van der Waals surface area contributed by atoms with Crippen LogP contribution in [0, 0.1) is 0 Å². The van der Waals surface area contributed by atoms with Gasteiger partial charge in [-0.05, 0) is 37.1 Å². The Morgan fingerprint density at radius 2 is 1.34 bits per heavy atom. The van der Waals surface area contributed by atoms with Gasteiger partial charge in [0.2, 0.25) is 0 Å². The van der Waals surface area contributed by atoms with Crippen LogP contribution in [0.1, 0.15) is 36.0 Å². The molecule has 2 fully saturated rings. The van der Waals surface area contributed by atoms with Crippen molar-refractivity contribution in [2.24, 2.45) is 0 Å². The van der Waals surface area contributed by atoms with Crippen molar-refractivity contribution in [3.8, 4) is 5.75 Å². The van der Waals surface area contributed by atoms with Crippen LogP contribution in [0.15, 0.2) is 36.4 Å². The Labute approximate surface area is 184 Å². The Kier molecular flexibility index (Phi) is 6.66. The van der Waals surface area contributed by atoms with E-state index in [2.05, 4.69) is 19.8 Å². The van der Waals surface area contributed by atoms with Gasteiger partial charge in [-0.2, -0.15) is 0 Å². The van der Waals surface area contributed by atoms with Crippen LogP contribution < -0.4 is 14.5 Å². The van der Waals surface area contributed by atoms with Gasteiger partial charge in [0.25, 0.3) is 5.91 Å². The van der Waals surface area contributed by atoms with E-state index in [1.165, 1.54) is 35.9 Å². The highest BCUT2D eigenvalue weighted by atomic mass is 19.4. The molecule has 0 aliphatic carbocycles. The number of ether oxygens (including phenoxy) is 1. The number of nitrogens with zero attached hydrogens (tertiary/aromatic N) is 5. The average Bonchev–Trinajstić information content (AvgIpc) is 3.08. The fraction of sp³-hybridized carbons (Fsp3) is 0.500. The van der Waals surface area contributed by atoms with Gasteiger partial charge in [0.15, 0.2) is 11.6 Å². The summed E-state index contributed by atoms with van der Waals surface area (Å²) >= 11 is 0. The molecule has 32 heavy (non-hydrogen) atoms. The third-order valence-electron chi connectivity index (χ3n) is 5.80. The van der Waals surface area contributed by atoms with Crippen LogP contribution >= 0.6 is 0 Å². The zero-order chi connectivity index (χ0) is 22.6. The molecule has 0 N–H and O–H groups in total. The van der Waals surface area contributed by atoms with Gasteiger partial charge >= 0.3 is 6.36 Å². The monoisotopic (exact) mass is 449 g/mol. The number of halogens is 3. The minimum atomic E-state index is -4.85. The van der Waals surface area contributed by atoms with Gasteiger partial charge in [-0.3, -0.25) is 4.79 Å². The molecule has 2 aromatic rings. The number of aromatic nitrogens is 2. The number of hydrogen-bond acceptors (Lipinski definition) is 6. The predicted molar refractivity (Wildman–Crippen MR) is 114 cm³/mol. The summed E-state index contributed by atoms with van der Waals surface area (Å²) in [7, 11) is 0. The smallest absolute Gasteiger partial charge is 0.405 e. The molecular formula is C22H26F3N5O2. The molecule has 2 saturated heterocycles. The summed E-state index contributed by atoms with van der Waals surface area (Å²) < 4.78 is 42.0. The zero-order valence-electron chi connectivity index (χ0n) is 17.7. The van der Waals surface area contributed by atoms with E-state index in [4.69, 9.17) is 0 Å². The molecule has 1 amide bonds. The molecule has 7 nitrogen and oxygen atoms in total. The maximum atomic E-state index is 12.8. The van der Waals surface area contributed by atoms with Crippen LogP contribution in [-0.4, -0.2) is 66.6 Å². The first-order chi connectivity index (χ1) is 15.4. The van der Waals surface area contributed by atoms with Crippen molar-refractivity contribution in [2.75, 3.05) is 49.1 Å². The lowest BCUT2D eigenvalue weighted by atomic mass is 10.1. The van der Waals surface area contributed by atoms with E-state index >= 15 is 0 Å². The number of amides is 1. The van der Waals surface area contributed by atoms with Crippen LogP contribution in [0.5, 0.6) is 5.75 Å². The molecule has 1 aromatic heterocycles. The SMILES string of the molecule is O=C(c1ccccc1OC(F)(F)F)N1CCN(c2ccc(N3CCCCCC3)nn2)CC1. The molecule has 0 bridgehead atoms. The first kappa shape index (κ1) is 22.2. The van der Waals surface area contributed by atoms with E-state index < -0.39 is 18.0 Å². The maximum Gasteiger partial charge on any atom is 0.573 e. The van der Waals surface area contributed by atoms with E-state index in [0.29, 0.717) is 26.2 Å². The molecule has 0 atom stereocenters. The van der Waals surface area contributed by atoms with Gasteiger partial charge in [0, 0.05) is 39.3 Å². The number of rotatable bonds is 4. The standard InChI is InChI=1S/C22H26F3N5O2/c23-22(24,25)32-18-8-4-3-7-17(18)21(31)30-15-13-29(14-16-30)20-10-9-19(26-27-20)28-11-5-1-2-6-12-28/h3-4,7-10H,1-2,5-6,11-16H2. The third-order valence-corrected chi connectivity index (χ3v) is 5.80. The number of hydrogen-bond donors (Lipinski definition) is 0. The Morgan fingerprint density at radius 3 is 1.91 bits per heavy atom. The summed E-state index contributed by atoms with van der Waals surface area (Å²) in [4.78, 5) is 18.7. The maximum absolute atomic E-state index is 12.8. The molecule has 2 aliphatic heterocycles. The highest BCUT2D eigenvalue weighted by Gasteiger charge is 2.34. The Morgan fingerprint density at radius 1 is 0.781 bits per heavy atom. The zero-order valence-corrected chi connectivity index (χ0v) is 17.7. The fourth-order valence-electron chi connectivity index (χ4n) is 4.12. The van der Waals surface area contributed by atoms with E-state index in [9.17, 15) is 18.0 Å². The quantitative estimate of drug-likeness (QED) is 0.709. The van der Waals surface area contributed by atoms with Gasteiger partial charge in [0.1, 0.15) is 5.75 Å². The molecule has 4 rings (SSSR count). The lowest BCUT2D eigenvalue weighted by Gasteiger charge is -2.35. The van der Waals surface area contributed by atoms with Crippen molar-refractivity contribution in [1.29, 1.82) is 0 Å². The first-order valence-corrected chi connectivity index (χ1v) is 10.9. The summed E-state index contributed by atoms with van der Waals surface area (Å²) in [5, 5.41) is 8.77. The number of carbonyl (C=O) groups is 1. The molecule has 10 heteroatoms. The minimum absolute atomic E-state index is 0.0973. The fourth-order valence-corrected chi connectivity index (χ4v) is 4.12. The Hall–Kier alpha value is -3.04. The molecule has 2 aliphatic rings. The number of alkyl halides is 3. The first-order valence-electron chi connectivity index (χ1n) is 10.9. The number of benzene rings is 1. The van der Waals surface area contributed by atoms with Crippen molar-refractivity contribution in [3.63, 3.8) is 0 Å². The number of para-hydroxylation sites is 1. The molecule has 0 unspecified atom stereocenters. The van der Waals surface area contributed by atoms with Crippen LogP contribution in [0.2, 0.25) is 0 Å². The average molecular weight is 449 g/mol. The molecule has 172 valence electrons. The Bertz CT molecular complexity index is 907. The van der Waals surface area contributed by atoms with E-state index in [-0.39, 0.29) is 5.56 Å². The van der Waals surface area contributed by atoms with Crippen molar-refractivity contribution >= 4 is 17.5 Å². The summed E-state index contributed by atoms with van der Waals surface area (Å²) in [5.41, 5.74) is -0.0973. The summed E-state index contributed by atoms with van der Waals surface area (Å²) in [6, 6.07) is 9.35.